The summed E-state index contributed by atoms with van der Waals surface area (Å²) < 4.78 is 1.01. The number of carbonyl (C=O) groups excluding carboxylic acids is 1. The third-order valence-electron chi connectivity index (χ3n) is 2.27. The summed E-state index contributed by atoms with van der Waals surface area (Å²) in [4.78, 5) is 16.8. The van der Waals surface area contributed by atoms with Crippen molar-refractivity contribution in [2.24, 2.45) is 0 Å². The summed E-state index contributed by atoms with van der Waals surface area (Å²) in [5, 5.41) is 4.30. The topological polar surface area (TPSA) is 29.5 Å². The van der Waals surface area contributed by atoms with Gasteiger partial charge in [0, 0.05) is 11.7 Å². The van der Waals surface area contributed by atoms with Gasteiger partial charge < -0.3 is 0 Å². The van der Waals surface area contributed by atoms with Crippen molar-refractivity contribution < 1.29 is 9.63 Å². The van der Waals surface area contributed by atoms with Crippen molar-refractivity contribution >= 4 is 27.3 Å². The van der Waals surface area contributed by atoms with Crippen molar-refractivity contribution in [3.05, 3.63) is 35.2 Å². The molecule has 1 aromatic carbocycles. The number of benzene rings is 1. The lowest BCUT2D eigenvalue weighted by molar-refractivity contribution is -0.0755. The molecule has 78 valence electrons. The Morgan fingerprint density at radius 3 is 2.93 bits per heavy atom. The summed E-state index contributed by atoms with van der Waals surface area (Å²) in [5.41, 5.74) is 0.687. The van der Waals surface area contributed by atoms with Gasteiger partial charge in [-0.2, -0.15) is 0 Å². The summed E-state index contributed by atoms with van der Waals surface area (Å²) in [7, 11) is 3.08. The maximum Gasteiger partial charge on any atom is 0.278 e. The van der Waals surface area contributed by atoms with E-state index < -0.39 is 0 Å². The van der Waals surface area contributed by atoms with Crippen LogP contribution >= 0.6 is 11.3 Å². The van der Waals surface area contributed by atoms with E-state index in [9.17, 15) is 4.79 Å². The fourth-order valence-corrected chi connectivity index (χ4v) is 2.32. The Bertz CT molecular complexity index is 492. The van der Waals surface area contributed by atoms with Crippen molar-refractivity contribution in [3.63, 3.8) is 0 Å². The largest absolute Gasteiger partial charge is 0.278 e. The smallest absolute Gasteiger partial charge is 0.274 e. The van der Waals surface area contributed by atoms with E-state index in [1.54, 1.807) is 18.4 Å². The Morgan fingerprint density at radius 1 is 1.40 bits per heavy atom. The van der Waals surface area contributed by atoms with E-state index in [1.165, 1.54) is 12.2 Å². The Balaban J connectivity index is 2.51. The maximum absolute atomic E-state index is 11.9. The number of rotatable bonds is 2. The molecule has 0 aliphatic rings. The van der Waals surface area contributed by atoms with Crippen molar-refractivity contribution in [2.75, 3.05) is 14.2 Å². The van der Waals surface area contributed by atoms with E-state index in [0.717, 1.165) is 10.1 Å². The number of thiophene rings is 1. The first kappa shape index (κ1) is 10.1. The van der Waals surface area contributed by atoms with Crippen LogP contribution in [-0.4, -0.2) is 25.1 Å². The van der Waals surface area contributed by atoms with E-state index >= 15 is 0 Å². The first-order chi connectivity index (χ1) is 7.24. The normalized spacial score (nSPS) is 10.5. The summed E-state index contributed by atoms with van der Waals surface area (Å²) >= 11 is 1.57. The lowest BCUT2D eigenvalue weighted by atomic mass is 10.1. The van der Waals surface area contributed by atoms with Gasteiger partial charge in [0.1, 0.15) is 0 Å². The zero-order valence-corrected chi connectivity index (χ0v) is 9.38. The van der Waals surface area contributed by atoms with Gasteiger partial charge in [-0.1, -0.05) is 12.1 Å². The van der Waals surface area contributed by atoms with E-state index in [1.807, 2.05) is 29.6 Å². The highest BCUT2D eigenvalue weighted by Gasteiger charge is 2.14. The Kier molecular flexibility index (Phi) is 2.70. The van der Waals surface area contributed by atoms with E-state index in [2.05, 4.69) is 0 Å². The minimum Gasteiger partial charge on any atom is -0.274 e. The summed E-state index contributed by atoms with van der Waals surface area (Å²) in [6.45, 7) is 0. The second kappa shape index (κ2) is 4.00. The molecular formula is C11H11NO2S. The van der Waals surface area contributed by atoms with Gasteiger partial charge >= 0.3 is 0 Å². The third kappa shape index (κ3) is 1.73. The molecule has 0 bridgehead atoms. The average molecular weight is 221 g/mol. The first-order valence-corrected chi connectivity index (χ1v) is 5.40. The molecule has 4 heteroatoms. The molecule has 0 fully saturated rings. The minimum absolute atomic E-state index is 0.120. The van der Waals surface area contributed by atoms with Crippen LogP contribution in [0.15, 0.2) is 29.6 Å². The molecule has 0 unspecified atom stereocenters. The highest BCUT2D eigenvalue weighted by atomic mass is 32.1. The van der Waals surface area contributed by atoms with Crippen molar-refractivity contribution in [3.8, 4) is 0 Å². The second-order valence-corrected chi connectivity index (χ2v) is 4.05. The van der Waals surface area contributed by atoms with Gasteiger partial charge in [0.15, 0.2) is 0 Å². The predicted octanol–water partition coefficient (Wildman–Crippen LogP) is 2.53. The van der Waals surface area contributed by atoms with Crippen LogP contribution in [0.2, 0.25) is 0 Å². The monoisotopic (exact) mass is 221 g/mol. The number of hydrogen-bond acceptors (Lipinski definition) is 3. The fraction of sp³-hybridized carbons (Fsp3) is 0.182. The molecule has 0 saturated carbocycles. The van der Waals surface area contributed by atoms with Gasteiger partial charge in [0.25, 0.3) is 5.91 Å². The molecule has 1 amide bonds. The van der Waals surface area contributed by atoms with Crippen molar-refractivity contribution in [1.82, 2.24) is 5.06 Å². The van der Waals surface area contributed by atoms with E-state index in [0.29, 0.717) is 5.56 Å². The highest BCUT2D eigenvalue weighted by Crippen LogP contribution is 2.25. The van der Waals surface area contributed by atoms with Gasteiger partial charge in [0.2, 0.25) is 0 Å². The number of amides is 1. The van der Waals surface area contributed by atoms with Crippen molar-refractivity contribution in [1.29, 1.82) is 0 Å². The van der Waals surface area contributed by atoms with Crippen LogP contribution in [0.5, 0.6) is 0 Å². The van der Waals surface area contributed by atoms with E-state index in [4.69, 9.17) is 4.84 Å². The molecule has 0 atom stereocenters. The van der Waals surface area contributed by atoms with Crippen LogP contribution in [0.1, 0.15) is 10.4 Å². The fourth-order valence-electron chi connectivity index (χ4n) is 1.41. The van der Waals surface area contributed by atoms with Gasteiger partial charge in [-0.05, 0) is 22.9 Å². The SMILES string of the molecule is CON(C)C(=O)c1cccc2ccsc12. The summed E-state index contributed by atoms with van der Waals surface area (Å²) in [6.07, 6.45) is 0. The molecule has 15 heavy (non-hydrogen) atoms. The maximum atomic E-state index is 11.9. The number of hydroxylamine groups is 2. The Hall–Kier alpha value is -1.39. The standard InChI is InChI=1S/C11H11NO2S/c1-12(14-2)11(13)9-5-3-4-8-6-7-15-10(8)9/h3-7H,1-2H3. The molecule has 0 saturated heterocycles. The van der Waals surface area contributed by atoms with E-state index in [-0.39, 0.29) is 5.91 Å². The van der Waals surface area contributed by atoms with Crippen LogP contribution in [0.3, 0.4) is 0 Å². The molecule has 1 aromatic heterocycles. The van der Waals surface area contributed by atoms with Crippen LogP contribution in [0.4, 0.5) is 0 Å². The number of nitrogens with zero attached hydrogens (tertiary/aromatic N) is 1. The highest BCUT2D eigenvalue weighted by molar-refractivity contribution is 7.17. The first-order valence-electron chi connectivity index (χ1n) is 4.52. The Morgan fingerprint density at radius 2 is 2.20 bits per heavy atom. The van der Waals surface area contributed by atoms with Crippen LogP contribution in [0.25, 0.3) is 10.1 Å². The number of fused-ring (bicyclic) bond motifs is 1. The van der Waals surface area contributed by atoms with Gasteiger partial charge in [-0.15, -0.1) is 11.3 Å². The summed E-state index contributed by atoms with van der Waals surface area (Å²) in [5.74, 6) is -0.120. The van der Waals surface area contributed by atoms with Crippen LogP contribution in [-0.2, 0) is 4.84 Å². The van der Waals surface area contributed by atoms with Gasteiger partial charge in [0.05, 0.1) is 12.7 Å². The molecule has 0 aliphatic carbocycles. The number of hydrogen-bond donors (Lipinski definition) is 0. The lowest BCUT2D eigenvalue weighted by Crippen LogP contribution is -2.25. The van der Waals surface area contributed by atoms with Gasteiger partial charge in [-0.25, -0.2) is 5.06 Å². The second-order valence-electron chi connectivity index (χ2n) is 3.13. The quantitative estimate of drug-likeness (QED) is 0.729. The number of carbonyl (C=O) groups is 1. The predicted molar refractivity (Wildman–Crippen MR) is 60.9 cm³/mol. The average Bonchev–Trinajstić information content (AvgIpc) is 2.74. The third-order valence-corrected chi connectivity index (χ3v) is 3.23. The Labute approximate surface area is 91.8 Å². The molecule has 0 radical (unpaired) electrons. The zero-order valence-electron chi connectivity index (χ0n) is 8.56. The molecule has 0 N–H and O–H groups in total. The summed E-state index contributed by atoms with van der Waals surface area (Å²) in [6, 6.07) is 7.70. The van der Waals surface area contributed by atoms with Crippen LogP contribution < -0.4 is 0 Å². The zero-order chi connectivity index (χ0) is 10.8. The molecule has 1 heterocycles. The minimum atomic E-state index is -0.120. The molecule has 0 aliphatic heterocycles. The molecule has 0 spiro atoms. The molecule has 3 nitrogen and oxygen atoms in total. The van der Waals surface area contributed by atoms with Crippen molar-refractivity contribution in [2.45, 2.75) is 0 Å². The molecule has 2 rings (SSSR count). The molecule has 2 aromatic rings. The lowest BCUT2D eigenvalue weighted by Gasteiger charge is -2.13. The van der Waals surface area contributed by atoms with Gasteiger partial charge in [-0.3, -0.25) is 9.63 Å². The molecular weight excluding hydrogens is 210 g/mol. The van der Waals surface area contributed by atoms with Crippen LogP contribution in [0, 0.1) is 0 Å².